The van der Waals surface area contributed by atoms with Crippen LogP contribution < -0.4 is 5.73 Å². The number of nitrogens with zero attached hydrogens (tertiary/aromatic N) is 1. The van der Waals surface area contributed by atoms with E-state index in [9.17, 15) is 23.5 Å². The maximum absolute atomic E-state index is 13.3. The van der Waals surface area contributed by atoms with Crippen molar-refractivity contribution in [1.82, 2.24) is 4.90 Å². The molecule has 0 saturated carbocycles. The maximum atomic E-state index is 13.3. The van der Waals surface area contributed by atoms with E-state index in [-0.39, 0.29) is 25.3 Å². The van der Waals surface area contributed by atoms with E-state index >= 15 is 0 Å². The molecular weight excluding hydrogens is 354 g/mol. The molecule has 3 rings (SSSR count). The smallest absolute Gasteiger partial charge is 0.313 e. The highest BCUT2D eigenvalue weighted by Crippen LogP contribution is 2.26. The molecule has 5 nitrogen and oxygen atoms in total. The normalized spacial score (nSPS) is 18.9. The molecule has 27 heavy (non-hydrogen) atoms. The minimum atomic E-state index is -1.30. The number of hydrogen-bond donors (Lipinski definition) is 2. The summed E-state index contributed by atoms with van der Waals surface area (Å²) in [6.45, 7) is 0.186. The predicted octanol–water partition coefficient (Wildman–Crippen LogP) is 2.56. The van der Waals surface area contributed by atoms with Gasteiger partial charge < -0.3 is 15.7 Å². The average molecular weight is 374 g/mol. The second-order valence-electron chi connectivity index (χ2n) is 6.64. The summed E-state index contributed by atoms with van der Waals surface area (Å²) in [5.74, 6) is -3.37. The molecule has 1 saturated heterocycles. The van der Waals surface area contributed by atoms with E-state index in [4.69, 9.17) is 5.73 Å². The molecule has 3 N–H and O–H groups in total. The minimum absolute atomic E-state index is 0.0532. The van der Waals surface area contributed by atoms with Crippen LogP contribution in [0.1, 0.15) is 17.9 Å². The van der Waals surface area contributed by atoms with Crippen molar-refractivity contribution in [3.8, 4) is 11.1 Å². The largest absolute Gasteiger partial charge is 0.481 e. The summed E-state index contributed by atoms with van der Waals surface area (Å²) >= 11 is 0. The Kier molecular flexibility index (Phi) is 5.51. The SMILES string of the molecule is NC(C(=O)N1CC[C@H](F)C1)C(C(=O)O)c1ccc(-c2ccc(F)cc2)cc1. The quantitative estimate of drug-likeness (QED) is 0.843. The molecule has 1 heterocycles. The molecule has 2 aromatic carbocycles. The zero-order chi connectivity index (χ0) is 19.6. The van der Waals surface area contributed by atoms with Crippen molar-refractivity contribution < 1.29 is 23.5 Å². The molecule has 0 aromatic heterocycles. The molecule has 1 aliphatic rings. The molecule has 0 bridgehead atoms. The van der Waals surface area contributed by atoms with E-state index in [0.717, 1.165) is 11.1 Å². The van der Waals surface area contributed by atoms with Crippen LogP contribution in [0.15, 0.2) is 48.5 Å². The van der Waals surface area contributed by atoms with Crippen molar-refractivity contribution in [2.75, 3.05) is 13.1 Å². The lowest BCUT2D eigenvalue weighted by atomic mass is 9.90. The van der Waals surface area contributed by atoms with Gasteiger partial charge in [0.15, 0.2) is 0 Å². The first kappa shape index (κ1) is 19.0. The van der Waals surface area contributed by atoms with Crippen LogP contribution >= 0.6 is 0 Å². The van der Waals surface area contributed by atoms with Gasteiger partial charge in [0, 0.05) is 6.54 Å². The van der Waals surface area contributed by atoms with Crippen molar-refractivity contribution in [3.63, 3.8) is 0 Å². The molecule has 142 valence electrons. The fourth-order valence-electron chi connectivity index (χ4n) is 3.30. The van der Waals surface area contributed by atoms with E-state index in [2.05, 4.69) is 0 Å². The fraction of sp³-hybridized carbons (Fsp3) is 0.300. The Balaban J connectivity index is 1.81. The molecule has 0 spiro atoms. The Labute approximate surface area is 155 Å². The summed E-state index contributed by atoms with van der Waals surface area (Å²) in [7, 11) is 0. The third kappa shape index (κ3) is 4.14. The van der Waals surface area contributed by atoms with E-state index in [1.165, 1.54) is 17.0 Å². The highest BCUT2D eigenvalue weighted by molar-refractivity contribution is 5.90. The molecular formula is C20H20F2N2O3. The zero-order valence-electron chi connectivity index (χ0n) is 14.5. The number of rotatable bonds is 5. The molecule has 2 unspecified atom stereocenters. The third-order valence-corrected chi connectivity index (χ3v) is 4.80. The van der Waals surface area contributed by atoms with Crippen LogP contribution in [0.25, 0.3) is 11.1 Å². The molecule has 3 atom stereocenters. The van der Waals surface area contributed by atoms with Gasteiger partial charge in [0.25, 0.3) is 0 Å². The van der Waals surface area contributed by atoms with Gasteiger partial charge >= 0.3 is 5.97 Å². The Morgan fingerprint density at radius 3 is 2.11 bits per heavy atom. The van der Waals surface area contributed by atoms with Crippen LogP contribution in [0, 0.1) is 5.82 Å². The first-order valence-corrected chi connectivity index (χ1v) is 8.64. The van der Waals surface area contributed by atoms with Gasteiger partial charge in [0.2, 0.25) is 5.91 Å². The molecule has 1 aliphatic heterocycles. The third-order valence-electron chi connectivity index (χ3n) is 4.80. The predicted molar refractivity (Wildman–Crippen MR) is 96.3 cm³/mol. The average Bonchev–Trinajstić information content (AvgIpc) is 3.08. The highest BCUT2D eigenvalue weighted by Gasteiger charge is 2.37. The summed E-state index contributed by atoms with van der Waals surface area (Å²) in [6.07, 6.45) is -0.859. The Morgan fingerprint density at radius 1 is 1.07 bits per heavy atom. The first-order chi connectivity index (χ1) is 12.9. The van der Waals surface area contributed by atoms with Gasteiger partial charge in [0.1, 0.15) is 23.9 Å². The molecule has 7 heteroatoms. The number of benzene rings is 2. The van der Waals surface area contributed by atoms with Gasteiger partial charge in [-0.1, -0.05) is 36.4 Å². The number of nitrogens with two attached hydrogens (primary N) is 1. The van der Waals surface area contributed by atoms with Gasteiger partial charge in [-0.05, 0) is 35.2 Å². The van der Waals surface area contributed by atoms with Gasteiger partial charge in [-0.3, -0.25) is 9.59 Å². The van der Waals surface area contributed by atoms with Crippen LogP contribution in [0.3, 0.4) is 0 Å². The monoisotopic (exact) mass is 374 g/mol. The second kappa shape index (κ2) is 7.84. The van der Waals surface area contributed by atoms with Gasteiger partial charge in [-0.15, -0.1) is 0 Å². The van der Waals surface area contributed by atoms with Crippen molar-refractivity contribution in [2.45, 2.75) is 24.6 Å². The molecule has 0 radical (unpaired) electrons. The molecule has 1 fully saturated rings. The number of alkyl halides is 1. The Morgan fingerprint density at radius 2 is 1.63 bits per heavy atom. The van der Waals surface area contributed by atoms with Gasteiger partial charge in [0.05, 0.1) is 6.54 Å². The second-order valence-corrected chi connectivity index (χ2v) is 6.64. The lowest BCUT2D eigenvalue weighted by Gasteiger charge is -2.25. The molecule has 2 aromatic rings. The summed E-state index contributed by atoms with van der Waals surface area (Å²) in [6, 6.07) is 11.2. The summed E-state index contributed by atoms with van der Waals surface area (Å²) in [4.78, 5) is 25.5. The number of likely N-dealkylation sites (tertiary alicyclic amines) is 1. The van der Waals surface area contributed by atoms with Crippen LogP contribution in [-0.4, -0.2) is 47.2 Å². The van der Waals surface area contributed by atoms with Crippen LogP contribution in [0.4, 0.5) is 8.78 Å². The van der Waals surface area contributed by atoms with Crippen LogP contribution in [-0.2, 0) is 9.59 Å². The van der Waals surface area contributed by atoms with Crippen LogP contribution in [0.5, 0.6) is 0 Å². The highest BCUT2D eigenvalue weighted by atomic mass is 19.1. The Bertz CT molecular complexity index is 824. The summed E-state index contributed by atoms with van der Waals surface area (Å²) < 4.78 is 26.4. The summed E-state index contributed by atoms with van der Waals surface area (Å²) in [5, 5.41) is 9.59. The Hall–Kier alpha value is -2.80. The number of carboxylic acid groups (broad SMARTS) is 1. The number of carbonyl (C=O) groups excluding carboxylic acids is 1. The van der Waals surface area contributed by atoms with Gasteiger partial charge in [-0.25, -0.2) is 8.78 Å². The first-order valence-electron chi connectivity index (χ1n) is 8.64. The number of amides is 1. The van der Waals surface area contributed by atoms with E-state index in [1.807, 2.05) is 0 Å². The fourth-order valence-corrected chi connectivity index (χ4v) is 3.30. The van der Waals surface area contributed by atoms with E-state index < -0.39 is 30.0 Å². The summed E-state index contributed by atoms with van der Waals surface area (Å²) in [5.41, 5.74) is 7.89. The maximum Gasteiger partial charge on any atom is 0.313 e. The minimum Gasteiger partial charge on any atom is -0.481 e. The molecule has 1 amide bonds. The van der Waals surface area contributed by atoms with Crippen molar-refractivity contribution in [2.24, 2.45) is 5.73 Å². The van der Waals surface area contributed by atoms with Gasteiger partial charge in [-0.2, -0.15) is 0 Å². The van der Waals surface area contributed by atoms with Crippen molar-refractivity contribution >= 4 is 11.9 Å². The number of carbonyl (C=O) groups is 2. The molecule has 0 aliphatic carbocycles. The van der Waals surface area contributed by atoms with E-state index in [1.54, 1.807) is 36.4 Å². The van der Waals surface area contributed by atoms with Crippen LogP contribution in [0.2, 0.25) is 0 Å². The lowest BCUT2D eigenvalue weighted by molar-refractivity contribution is -0.143. The van der Waals surface area contributed by atoms with Crippen molar-refractivity contribution in [1.29, 1.82) is 0 Å². The topological polar surface area (TPSA) is 83.6 Å². The lowest BCUT2D eigenvalue weighted by Crippen LogP contribution is -2.48. The number of carboxylic acids is 1. The number of aliphatic carboxylic acids is 1. The number of hydrogen-bond acceptors (Lipinski definition) is 3. The standard InChI is InChI=1S/C20H20F2N2O3/c21-15-7-5-13(6-8-15)12-1-3-14(4-2-12)17(20(26)27)18(23)19(25)24-10-9-16(22)11-24/h1-8,16-18H,9-11,23H2,(H,26,27)/t16-,17?,18?/m0/s1. The number of halogens is 2. The van der Waals surface area contributed by atoms with E-state index in [0.29, 0.717) is 5.56 Å². The zero-order valence-corrected chi connectivity index (χ0v) is 14.5. The van der Waals surface area contributed by atoms with Crippen molar-refractivity contribution in [3.05, 3.63) is 59.9 Å².